The third-order valence-corrected chi connectivity index (χ3v) is 7.32. The van der Waals surface area contributed by atoms with Crippen molar-refractivity contribution < 1.29 is 9.53 Å². The van der Waals surface area contributed by atoms with Gasteiger partial charge in [-0.05, 0) is 74.5 Å². The van der Waals surface area contributed by atoms with E-state index in [4.69, 9.17) is 4.74 Å². The van der Waals surface area contributed by atoms with Crippen molar-refractivity contribution in [2.45, 2.75) is 50.7 Å². The normalized spacial score (nSPS) is 22.5. The zero-order valence-corrected chi connectivity index (χ0v) is 18.5. The SMILES string of the molecule is COc1ccccc1CN1CCC(c2ccc3c(c2)CN(C2CCCNC2)C3=O)CC1. The molecule has 0 saturated carbocycles. The summed E-state index contributed by atoms with van der Waals surface area (Å²) in [6, 6.07) is 15.3. The highest BCUT2D eigenvalue weighted by atomic mass is 16.5. The standard InChI is InChI=1S/C26H33N3O2/c1-31-25-7-3-2-5-21(25)17-28-13-10-19(11-14-28)20-8-9-24-22(15-20)18-29(26(24)30)23-6-4-12-27-16-23/h2-3,5,7-9,15,19,23,27H,4,6,10-14,16-18H2,1H3. The third kappa shape index (κ3) is 4.21. The zero-order chi connectivity index (χ0) is 21.2. The number of hydrogen-bond acceptors (Lipinski definition) is 4. The van der Waals surface area contributed by atoms with Gasteiger partial charge in [0.15, 0.2) is 0 Å². The molecule has 2 fully saturated rings. The van der Waals surface area contributed by atoms with Gasteiger partial charge in [-0.25, -0.2) is 0 Å². The van der Waals surface area contributed by atoms with Crippen LogP contribution in [0.5, 0.6) is 5.75 Å². The Hall–Kier alpha value is -2.37. The monoisotopic (exact) mass is 419 g/mol. The largest absolute Gasteiger partial charge is 0.496 e. The van der Waals surface area contributed by atoms with Gasteiger partial charge in [-0.3, -0.25) is 9.69 Å². The summed E-state index contributed by atoms with van der Waals surface area (Å²) in [4.78, 5) is 17.6. The van der Waals surface area contributed by atoms with Crippen molar-refractivity contribution >= 4 is 5.91 Å². The van der Waals surface area contributed by atoms with E-state index in [1.807, 2.05) is 12.1 Å². The molecule has 0 aliphatic carbocycles. The number of benzene rings is 2. The second-order valence-corrected chi connectivity index (χ2v) is 9.21. The molecule has 2 aromatic rings. The molecule has 3 aliphatic rings. The summed E-state index contributed by atoms with van der Waals surface area (Å²) in [6.07, 6.45) is 4.60. The van der Waals surface area contributed by atoms with Crippen LogP contribution in [0.3, 0.4) is 0 Å². The molecule has 5 nitrogen and oxygen atoms in total. The molecule has 3 aliphatic heterocycles. The van der Waals surface area contributed by atoms with E-state index in [-0.39, 0.29) is 5.91 Å². The molecule has 1 N–H and O–H groups in total. The first-order valence-corrected chi connectivity index (χ1v) is 11.7. The molecule has 31 heavy (non-hydrogen) atoms. The van der Waals surface area contributed by atoms with Gasteiger partial charge in [-0.2, -0.15) is 0 Å². The number of fused-ring (bicyclic) bond motifs is 1. The molecule has 2 saturated heterocycles. The van der Waals surface area contributed by atoms with Crippen LogP contribution in [0.15, 0.2) is 42.5 Å². The summed E-state index contributed by atoms with van der Waals surface area (Å²) in [5.74, 6) is 1.78. The van der Waals surface area contributed by atoms with E-state index >= 15 is 0 Å². The molecule has 1 unspecified atom stereocenters. The van der Waals surface area contributed by atoms with Crippen LogP contribution in [0.1, 0.15) is 58.6 Å². The quantitative estimate of drug-likeness (QED) is 0.801. The van der Waals surface area contributed by atoms with Crippen molar-refractivity contribution in [3.63, 3.8) is 0 Å². The Balaban J connectivity index is 1.22. The van der Waals surface area contributed by atoms with Crippen molar-refractivity contribution in [3.05, 3.63) is 64.7 Å². The maximum Gasteiger partial charge on any atom is 0.254 e. The average molecular weight is 420 g/mol. The molecule has 5 rings (SSSR count). The summed E-state index contributed by atoms with van der Waals surface area (Å²) in [7, 11) is 1.75. The molecule has 164 valence electrons. The van der Waals surface area contributed by atoms with Crippen molar-refractivity contribution in [2.75, 3.05) is 33.3 Å². The molecule has 0 aromatic heterocycles. The first kappa shape index (κ1) is 20.5. The van der Waals surface area contributed by atoms with Gasteiger partial charge in [0, 0.05) is 36.8 Å². The molecule has 5 heteroatoms. The fraction of sp³-hybridized carbons (Fsp3) is 0.500. The number of hydrogen-bond donors (Lipinski definition) is 1. The first-order chi connectivity index (χ1) is 15.2. The van der Waals surface area contributed by atoms with Crippen molar-refractivity contribution in [2.24, 2.45) is 0 Å². The molecule has 1 amide bonds. The maximum atomic E-state index is 12.9. The summed E-state index contributed by atoms with van der Waals surface area (Å²) >= 11 is 0. The number of likely N-dealkylation sites (tertiary alicyclic amines) is 1. The predicted molar refractivity (Wildman–Crippen MR) is 122 cm³/mol. The fourth-order valence-electron chi connectivity index (χ4n) is 5.51. The molecular weight excluding hydrogens is 386 g/mol. The van der Waals surface area contributed by atoms with Crippen LogP contribution in [0.25, 0.3) is 0 Å². The third-order valence-electron chi connectivity index (χ3n) is 7.32. The Bertz CT molecular complexity index is 930. The minimum Gasteiger partial charge on any atom is -0.496 e. The van der Waals surface area contributed by atoms with Crippen LogP contribution in [-0.4, -0.2) is 55.0 Å². The zero-order valence-electron chi connectivity index (χ0n) is 18.5. The highest BCUT2D eigenvalue weighted by Gasteiger charge is 2.34. The molecule has 0 spiro atoms. The smallest absolute Gasteiger partial charge is 0.254 e. The van der Waals surface area contributed by atoms with Crippen LogP contribution in [0.2, 0.25) is 0 Å². The van der Waals surface area contributed by atoms with Gasteiger partial charge in [-0.15, -0.1) is 0 Å². The number of nitrogens with zero attached hydrogens (tertiary/aromatic N) is 2. The lowest BCUT2D eigenvalue weighted by Gasteiger charge is -2.32. The summed E-state index contributed by atoms with van der Waals surface area (Å²) in [5, 5.41) is 3.44. The van der Waals surface area contributed by atoms with Crippen LogP contribution in [0.4, 0.5) is 0 Å². The van der Waals surface area contributed by atoms with Gasteiger partial charge < -0.3 is 15.0 Å². The summed E-state index contributed by atoms with van der Waals surface area (Å²) in [5.41, 5.74) is 4.82. The Kier molecular flexibility index (Phi) is 5.97. The van der Waals surface area contributed by atoms with Crippen molar-refractivity contribution in [1.82, 2.24) is 15.1 Å². The van der Waals surface area contributed by atoms with Gasteiger partial charge in [0.1, 0.15) is 5.75 Å². The van der Waals surface area contributed by atoms with Crippen LogP contribution in [-0.2, 0) is 13.1 Å². The van der Waals surface area contributed by atoms with Crippen LogP contribution in [0, 0.1) is 0 Å². The number of para-hydroxylation sites is 1. The van der Waals surface area contributed by atoms with E-state index < -0.39 is 0 Å². The van der Waals surface area contributed by atoms with Crippen molar-refractivity contribution in [3.8, 4) is 5.75 Å². The molecule has 2 aromatic carbocycles. The van der Waals surface area contributed by atoms with Gasteiger partial charge in [0.2, 0.25) is 0 Å². The van der Waals surface area contributed by atoms with Crippen molar-refractivity contribution in [1.29, 1.82) is 0 Å². The lowest BCUT2D eigenvalue weighted by atomic mass is 9.87. The van der Waals surface area contributed by atoms with Gasteiger partial charge in [-0.1, -0.05) is 30.3 Å². The number of rotatable bonds is 5. The minimum atomic E-state index is 0.224. The molecule has 0 radical (unpaired) electrons. The Morgan fingerprint density at radius 1 is 1.10 bits per heavy atom. The Morgan fingerprint density at radius 2 is 1.94 bits per heavy atom. The van der Waals surface area contributed by atoms with E-state index in [0.717, 1.165) is 76.3 Å². The number of piperidine rings is 2. The molecule has 3 heterocycles. The maximum absolute atomic E-state index is 12.9. The lowest BCUT2D eigenvalue weighted by Crippen LogP contribution is -2.46. The average Bonchev–Trinajstić information content (AvgIpc) is 3.16. The lowest BCUT2D eigenvalue weighted by molar-refractivity contribution is 0.0674. The number of amides is 1. The highest BCUT2D eigenvalue weighted by molar-refractivity contribution is 5.98. The minimum absolute atomic E-state index is 0.224. The summed E-state index contributed by atoms with van der Waals surface area (Å²) in [6.45, 7) is 5.92. The van der Waals surface area contributed by atoms with E-state index in [0.29, 0.717) is 12.0 Å². The number of nitrogens with one attached hydrogen (secondary N) is 1. The van der Waals surface area contributed by atoms with E-state index in [1.165, 1.54) is 16.7 Å². The van der Waals surface area contributed by atoms with E-state index in [9.17, 15) is 4.79 Å². The number of ether oxygens (including phenoxy) is 1. The van der Waals surface area contributed by atoms with E-state index in [2.05, 4.69) is 45.4 Å². The van der Waals surface area contributed by atoms with Crippen LogP contribution < -0.4 is 10.1 Å². The fourth-order valence-corrected chi connectivity index (χ4v) is 5.51. The van der Waals surface area contributed by atoms with Gasteiger partial charge in [0.25, 0.3) is 5.91 Å². The number of carbonyl (C=O) groups excluding carboxylic acids is 1. The number of carbonyl (C=O) groups is 1. The molecule has 1 atom stereocenters. The number of methoxy groups -OCH3 is 1. The highest BCUT2D eigenvalue weighted by Crippen LogP contribution is 2.34. The van der Waals surface area contributed by atoms with Gasteiger partial charge >= 0.3 is 0 Å². The Labute approximate surface area is 185 Å². The predicted octanol–water partition coefficient (Wildman–Crippen LogP) is 3.78. The van der Waals surface area contributed by atoms with Gasteiger partial charge in [0.05, 0.1) is 7.11 Å². The topological polar surface area (TPSA) is 44.8 Å². The van der Waals surface area contributed by atoms with Crippen LogP contribution >= 0.6 is 0 Å². The van der Waals surface area contributed by atoms with E-state index in [1.54, 1.807) is 7.11 Å². The summed E-state index contributed by atoms with van der Waals surface area (Å²) < 4.78 is 5.52. The molecular formula is C26H33N3O2. The second-order valence-electron chi connectivity index (χ2n) is 9.21. The second kappa shape index (κ2) is 9.01. The Morgan fingerprint density at radius 3 is 2.71 bits per heavy atom. The molecule has 0 bridgehead atoms. The first-order valence-electron chi connectivity index (χ1n) is 11.7.